The van der Waals surface area contributed by atoms with Gasteiger partial charge in [-0.3, -0.25) is 0 Å². The topological polar surface area (TPSA) is 23.5 Å². The summed E-state index contributed by atoms with van der Waals surface area (Å²) in [7, 11) is 4.08. The van der Waals surface area contributed by atoms with Gasteiger partial charge in [-0.2, -0.15) is 0 Å². The number of anilines is 1. The van der Waals surface area contributed by atoms with E-state index in [2.05, 4.69) is 41.3 Å². The van der Waals surface area contributed by atoms with Crippen molar-refractivity contribution >= 4 is 16.5 Å². The highest BCUT2D eigenvalue weighted by Crippen LogP contribution is 2.27. The quantitative estimate of drug-likeness (QED) is 0.746. The zero-order valence-electron chi connectivity index (χ0n) is 11.7. The first-order valence-corrected chi connectivity index (χ1v) is 6.64. The number of fused-ring (bicyclic) bond motifs is 1. The van der Waals surface area contributed by atoms with Crippen molar-refractivity contribution in [2.45, 2.75) is 0 Å². The number of hydrogen-bond acceptors (Lipinski definition) is 2. The Morgan fingerprint density at radius 3 is 2.00 bits per heavy atom. The zero-order chi connectivity index (χ0) is 14.1. The van der Waals surface area contributed by atoms with Gasteiger partial charge in [-0.05, 0) is 52.2 Å². The van der Waals surface area contributed by atoms with Gasteiger partial charge >= 0.3 is 0 Å². The largest absolute Gasteiger partial charge is 0.508 e. The smallest absolute Gasteiger partial charge is 0.116 e. The van der Waals surface area contributed by atoms with Gasteiger partial charge in [0, 0.05) is 19.8 Å². The first kappa shape index (κ1) is 12.5. The Labute approximate surface area is 118 Å². The summed E-state index contributed by atoms with van der Waals surface area (Å²) in [6.07, 6.45) is 0. The van der Waals surface area contributed by atoms with Crippen LogP contribution in [0.4, 0.5) is 5.69 Å². The summed E-state index contributed by atoms with van der Waals surface area (Å²) in [5.74, 6) is 0.306. The lowest BCUT2D eigenvalue weighted by Gasteiger charge is -2.13. The summed E-state index contributed by atoms with van der Waals surface area (Å²) in [4.78, 5) is 2.09. The number of phenols is 1. The molecule has 0 aromatic heterocycles. The third-order valence-electron chi connectivity index (χ3n) is 3.54. The summed E-state index contributed by atoms with van der Waals surface area (Å²) in [6.45, 7) is 0. The molecule has 0 saturated carbocycles. The molecule has 3 aromatic rings. The average molecular weight is 263 g/mol. The summed E-state index contributed by atoms with van der Waals surface area (Å²) in [6, 6.07) is 20.3. The van der Waals surface area contributed by atoms with Crippen molar-refractivity contribution in [2.24, 2.45) is 0 Å². The highest BCUT2D eigenvalue weighted by molar-refractivity contribution is 5.88. The molecule has 20 heavy (non-hydrogen) atoms. The second-order valence-electron chi connectivity index (χ2n) is 5.19. The summed E-state index contributed by atoms with van der Waals surface area (Å²) in [5.41, 5.74) is 3.58. The Kier molecular flexibility index (Phi) is 3.07. The van der Waals surface area contributed by atoms with Gasteiger partial charge in [0.1, 0.15) is 5.75 Å². The van der Waals surface area contributed by atoms with Crippen LogP contribution in [0.15, 0.2) is 60.7 Å². The van der Waals surface area contributed by atoms with E-state index in [9.17, 15) is 5.11 Å². The molecule has 0 atom stereocenters. The van der Waals surface area contributed by atoms with E-state index in [1.165, 1.54) is 16.8 Å². The first-order valence-electron chi connectivity index (χ1n) is 6.64. The molecule has 2 nitrogen and oxygen atoms in total. The van der Waals surface area contributed by atoms with Crippen LogP contribution in [0, 0.1) is 0 Å². The van der Waals surface area contributed by atoms with E-state index < -0.39 is 0 Å². The molecule has 3 aromatic carbocycles. The lowest BCUT2D eigenvalue weighted by Crippen LogP contribution is -2.07. The summed E-state index contributed by atoms with van der Waals surface area (Å²) < 4.78 is 0. The molecule has 0 unspecified atom stereocenters. The molecule has 1 N–H and O–H groups in total. The van der Waals surface area contributed by atoms with Crippen molar-refractivity contribution in [3.8, 4) is 16.9 Å². The maximum atomic E-state index is 9.49. The summed E-state index contributed by atoms with van der Waals surface area (Å²) in [5, 5.41) is 11.7. The number of nitrogens with zero attached hydrogens (tertiary/aromatic N) is 1. The second-order valence-corrected chi connectivity index (χ2v) is 5.19. The molecule has 0 spiro atoms. The molecular formula is C18H17NO. The fourth-order valence-corrected chi connectivity index (χ4v) is 2.36. The van der Waals surface area contributed by atoms with Gasteiger partial charge in [-0.15, -0.1) is 0 Å². The molecular weight excluding hydrogens is 246 g/mol. The van der Waals surface area contributed by atoms with Crippen LogP contribution in [-0.2, 0) is 0 Å². The Bertz CT molecular complexity index is 745. The van der Waals surface area contributed by atoms with Crippen molar-refractivity contribution in [3.63, 3.8) is 0 Å². The van der Waals surface area contributed by atoms with E-state index in [4.69, 9.17) is 0 Å². The van der Waals surface area contributed by atoms with Crippen molar-refractivity contribution in [1.82, 2.24) is 0 Å². The molecule has 0 aliphatic carbocycles. The predicted octanol–water partition coefficient (Wildman–Crippen LogP) is 4.28. The van der Waals surface area contributed by atoms with Crippen LogP contribution < -0.4 is 4.90 Å². The molecule has 0 aliphatic heterocycles. The minimum Gasteiger partial charge on any atom is -0.508 e. The van der Waals surface area contributed by atoms with Gasteiger partial charge in [-0.1, -0.05) is 30.3 Å². The maximum Gasteiger partial charge on any atom is 0.116 e. The van der Waals surface area contributed by atoms with Crippen molar-refractivity contribution in [1.29, 1.82) is 0 Å². The van der Waals surface area contributed by atoms with Gasteiger partial charge in [0.15, 0.2) is 0 Å². The van der Waals surface area contributed by atoms with E-state index in [-0.39, 0.29) is 0 Å². The van der Waals surface area contributed by atoms with E-state index in [1.54, 1.807) is 12.1 Å². The fraction of sp³-hybridized carbons (Fsp3) is 0.111. The number of hydrogen-bond donors (Lipinski definition) is 1. The number of phenolic OH excluding ortho intramolecular Hbond substituents is 1. The summed E-state index contributed by atoms with van der Waals surface area (Å²) >= 11 is 0. The molecule has 100 valence electrons. The standard InChI is InChI=1S/C18H17NO/c1-19(2)17-8-5-13(6-9-17)14-3-4-16-12-18(20)10-7-15(16)11-14/h3-12,20H,1-2H3. The molecule has 0 bridgehead atoms. The number of aromatic hydroxyl groups is 1. The lowest BCUT2D eigenvalue weighted by atomic mass is 10.0. The van der Waals surface area contributed by atoms with Crippen molar-refractivity contribution in [3.05, 3.63) is 60.7 Å². The number of benzene rings is 3. The molecule has 0 saturated heterocycles. The molecule has 0 fully saturated rings. The van der Waals surface area contributed by atoms with Gasteiger partial charge in [0.2, 0.25) is 0 Å². The van der Waals surface area contributed by atoms with E-state index in [0.29, 0.717) is 5.75 Å². The number of rotatable bonds is 2. The van der Waals surface area contributed by atoms with Crippen LogP contribution in [0.25, 0.3) is 21.9 Å². The molecule has 3 rings (SSSR count). The molecule has 0 aliphatic rings. The van der Waals surface area contributed by atoms with Gasteiger partial charge in [-0.25, -0.2) is 0 Å². The van der Waals surface area contributed by atoms with Crippen molar-refractivity contribution < 1.29 is 5.11 Å². The normalized spacial score (nSPS) is 10.7. The second kappa shape index (κ2) is 4.89. The first-order chi connectivity index (χ1) is 9.63. The van der Waals surface area contributed by atoms with Crippen LogP contribution in [0.3, 0.4) is 0 Å². The van der Waals surface area contributed by atoms with Crippen LogP contribution >= 0.6 is 0 Å². The lowest BCUT2D eigenvalue weighted by molar-refractivity contribution is 0.476. The molecule has 0 heterocycles. The monoisotopic (exact) mass is 263 g/mol. The van der Waals surface area contributed by atoms with Crippen LogP contribution in [0.5, 0.6) is 5.75 Å². The average Bonchev–Trinajstić information content (AvgIpc) is 2.47. The minimum atomic E-state index is 0.306. The van der Waals surface area contributed by atoms with Gasteiger partial charge in [0.05, 0.1) is 0 Å². The van der Waals surface area contributed by atoms with Crippen LogP contribution in [0.1, 0.15) is 0 Å². The van der Waals surface area contributed by atoms with Crippen molar-refractivity contribution in [2.75, 3.05) is 19.0 Å². The Morgan fingerprint density at radius 2 is 1.30 bits per heavy atom. The Morgan fingerprint density at radius 1 is 0.700 bits per heavy atom. The van der Waals surface area contributed by atoms with Crippen LogP contribution in [-0.4, -0.2) is 19.2 Å². The van der Waals surface area contributed by atoms with Crippen LogP contribution in [0.2, 0.25) is 0 Å². The minimum absolute atomic E-state index is 0.306. The fourth-order valence-electron chi connectivity index (χ4n) is 2.36. The van der Waals surface area contributed by atoms with E-state index in [1.807, 2.05) is 26.2 Å². The van der Waals surface area contributed by atoms with Gasteiger partial charge < -0.3 is 10.0 Å². The maximum absolute atomic E-state index is 9.49. The van der Waals surface area contributed by atoms with Gasteiger partial charge in [0.25, 0.3) is 0 Å². The molecule has 0 amide bonds. The molecule has 0 radical (unpaired) electrons. The Balaban J connectivity index is 2.03. The van der Waals surface area contributed by atoms with E-state index in [0.717, 1.165) is 10.8 Å². The molecule has 2 heteroatoms. The highest BCUT2D eigenvalue weighted by atomic mass is 16.3. The SMILES string of the molecule is CN(C)c1ccc(-c2ccc3cc(O)ccc3c2)cc1. The third-order valence-corrected chi connectivity index (χ3v) is 3.54. The predicted molar refractivity (Wildman–Crippen MR) is 85.4 cm³/mol. The zero-order valence-corrected chi connectivity index (χ0v) is 11.7. The highest BCUT2D eigenvalue weighted by Gasteiger charge is 2.02. The Hall–Kier alpha value is -2.48. The third kappa shape index (κ3) is 2.32. The van der Waals surface area contributed by atoms with E-state index >= 15 is 0 Å².